The van der Waals surface area contributed by atoms with E-state index >= 15 is 0 Å². The molecule has 3 aromatic heterocycles. The zero-order valence-corrected chi connectivity index (χ0v) is 15.1. The molecule has 4 heterocycles. The fourth-order valence-electron chi connectivity index (χ4n) is 3.28. The number of fused-ring (bicyclic) bond motifs is 1. The summed E-state index contributed by atoms with van der Waals surface area (Å²) in [4.78, 5) is 24.0. The van der Waals surface area contributed by atoms with Crippen molar-refractivity contribution in [3.05, 3.63) is 72.4 Å². The van der Waals surface area contributed by atoms with Crippen LogP contribution in [0.1, 0.15) is 17.1 Å². The molecule has 138 valence electrons. The van der Waals surface area contributed by atoms with E-state index in [1.807, 2.05) is 36.5 Å². The minimum atomic E-state index is 0.605. The smallest absolute Gasteiger partial charge is 0.241 e. The summed E-state index contributed by atoms with van der Waals surface area (Å²) in [7, 11) is 0. The number of rotatable bonds is 4. The first-order valence-electron chi connectivity index (χ1n) is 9.06. The second kappa shape index (κ2) is 7.24. The normalized spacial score (nSPS) is 14.0. The molecule has 0 atom stereocenters. The van der Waals surface area contributed by atoms with E-state index in [2.05, 4.69) is 30.0 Å². The van der Waals surface area contributed by atoms with Crippen LogP contribution < -0.4 is 0 Å². The van der Waals surface area contributed by atoms with E-state index in [9.17, 15) is 0 Å². The highest BCUT2D eigenvalue weighted by Crippen LogP contribution is 2.22. The fraction of sp³-hybridized carbons (Fsp3) is 0.200. The molecule has 0 radical (unpaired) electrons. The van der Waals surface area contributed by atoms with Gasteiger partial charge < -0.3 is 4.52 Å². The first-order valence-corrected chi connectivity index (χ1v) is 9.06. The highest BCUT2D eigenvalue weighted by molar-refractivity contribution is 5.53. The molecule has 0 unspecified atom stereocenters. The van der Waals surface area contributed by atoms with Gasteiger partial charge in [0.2, 0.25) is 11.7 Å². The summed E-state index contributed by atoms with van der Waals surface area (Å²) in [5.74, 6) is 1.89. The number of benzene rings is 1. The highest BCUT2D eigenvalue weighted by atomic mass is 16.5. The van der Waals surface area contributed by atoms with Crippen LogP contribution >= 0.6 is 0 Å². The van der Waals surface area contributed by atoms with Crippen molar-refractivity contribution < 1.29 is 4.52 Å². The van der Waals surface area contributed by atoms with Crippen molar-refractivity contribution in [1.82, 2.24) is 35.0 Å². The molecule has 8 heteroatoms. The molecule has 0 fully saturated rings. The van der Waals surface area contributed by atoms with Gasteiger partial charge in [0.05, 0.1) is 17.8 Å². The fourth-order valence-corrected chi connectivity index (χ4v) is 3.28. The van der Waals surface area contributed by atoms with E-state index in [1.165, 1.54) is 6.33 Å². The molecule has 0 N–H and O–H groups in total. The summed E-state index contributed by atoms with van der Waals surface area (Å²) in [5, 5.41) is 4.09. The number of hydrogen-bond donors (Lipinski definition) is 0. The highest BCUT2D eigenvalue weighted by Gasteiger charge is 2.21. The molecule has 4 aromatic rings. The summed E-state index contributed by atoms with van der Waals surface area (Å²) >= 11 is 0. The Labute approximate surface area is 161 Å². The van der Waals surface area contributed by atoms with E-state index in [-0.39, 0.29) is 0 Å². The standard InChI is InChI=1S/C20H17N7O/c1-2-4-14(5-3-1)20-25-18(28-26-20)12-27-7-6-17-16(11-27)10-23-19(24-17)15-8-21-13-22-9-15/h1-5,8-10,13H,6-7,11-12H2. The van der Waals surface area contributed by atoms with E-state index in [0.717, 1.165) is 41.9 Å². The van der Waals surface area contributed by atoms with E-state index in [1.54, 1.807) is 12.4 Å². The minimum absolute atomic E-state index is 0.605. The van der Waals surface area contributed by atoms with Crippen molar-refractivity contribution in [2.75, 3.05) is 6.54 Å². The van der Waals surface area contributed by atoms with Gasteiger partial charge in [-0.25, -0.2) is 19.9 Å². The number of aromatic nitrogens is 6. The Balaban J connectivity index is 1.30. The summed E-state index contributed by atoms with van der Waals surface area (Å²) in [5.41, 5.74) is 3.97. The van der Waals surface area contributed by atoms with Crippen LogP contribution in [0.2, 0.25) is 0 Å². The van der Waals surface area contributed by atoms with Gasteiger partial charge in [-0.1, -0.05) is 35.5 Å². The summed E-state index contributed by atoms with van der Waals surface area (Å²) in [6, 6.07) is 9.83. The third-order valence-corrected chi connectivity index (χ3v) is 4.69. The molecule has 0 saturated carbocycles. The van der Waals surface area contributed by atoms with Crippen LogP contribution in [0.5, 0.6) is 0 Å². The van der Waals surface area contributed by atoms with E-state index in [4.69, 9.17) is 9.51 Å². The second-order valence-corrected chi connectivity index (χ2v) is 6.63. The summed E-state index contributed by atoms with van der Waals surface area (Å²) in [6.07, 6.45) is 7.69. The van der Waals surface area contributed by atoms with Gasteiger partial charge in [-0.05, 0) is 0 Å². The lowest BCUT2D eigenvalue weighted by Gasteiger charge is -2.26. The zero-order chi connectivity index (χ0) is 18.8. The van der Waals surface area contributed by atoms with E-state index < -0.39 is 0 Å². The largest absolute Gasteiger partial charge is 0.338 e. The van der Waals surface area contributed by atoms with Crippen LogP contribution in [0.3, 0.4) is 0 Å². The topological polar surface area (TPSA) is 93.7 Å². The van der Waals surface area contributed by atoms with Gasteiger partial charge in [0.15, 0.2) is 5.82 Å². The van der Waals surface area contributed by atoms with Crippen molar-refractivity contribution in [1.29, 1.82) is 0 Å². The number of nitrogens with zero attached hydrogens (tertiary/aromatic N) is 7. The minimum Gasteiger partial charge on any atom is -0.338 e. The van der Waals surface area contributed by atoms with Crippen LogP contribution in [0, 0.1) is 0 Å². The molecule has 1 aromatic carbocycles. The maximum atomic E-state index is 5.44. The monoisotopic (exact) mass is 371 g/mol. The molecule has 28 heavy (non-hydrogen) atoms. The Kier molecular flexibility index (Phi) is 4.30. The molecule has 0 amide bonds. The van der Waals surface area contributed by atoms with Gasteiger partial charge in [-0.2, -0.15) is 4.98 Å². The maximum absolute atomic E-state index is 5.44. The molecule has 1 aliphatic heterocycles. The SMILES string of the molecule is c1ccc(-c2noc(CN3CCc4nc(-c5cncnc5)ncc4C3)n2)cc1. The zero-order valence-electron chi connectivity index (χ0n) is 15.1. The average molecular weight is 371 g/mol. The quantitative estimate of drug-likeness (QED) is 0.540. The van der Waals surface area contributed by atoms with Gasteiger partial charge >= 0.3 is 0 Å². The van der Waals surface area contributed by atoms with Crippen molar-refractivity contribution in [3.8, 4) is 22.8 Å². The van der Waals surface area contributed by atoms with Crippen molar-refractivity contribution in [3.63, 3.8) is 0 Å². The molecule has 0 saturated heterocycles. The molecule has 8 nitrogen and oxygen atoms in total. The Morgan fingerprint density at radius 2 is 1.79 bits per heavy atom. The third-order valence-electron chi connectivity index (χ3n) is 4.69. The average Bonchev–Trinajstić information content (AvgIpc) is 3.23. The van der Waals surface area contributed by atoms with Crippen LogP contribution in [0.15, 0.2) is 59.8 Å². The lowest BCUT2D eigenvalue weighted by molar-refractivity contribution is 0.209. The molecule has 0 bridgehead atoms. The van der Waals surface area contributed by atoms with Crippen molar-refractivity contribution >= 4 is 0 Å². The Morgan fingerprint density at radius 3 is 2.64 bits per heavy atom. The van der Waals surface area contributed by atoms with E-state index in [0.29, 0.717) is 24.1 Å². The van der Waals surface area contributed by atoms with Crippen molar-refractivity contribution in [2.24, 2.45) is 0 Å². The lowest BCUT2D eigenvalue weighted by Crippen LogP contribution is -2.31. The second-order valence-electron chi connectivity index (χ2n) is 6.63. The first-order chi connectivity index (χ1) is 13.8. The molecular weight excluding hydrogens is 354 g/mol. The maximum Gasteiger partial charge on any atom is 0.241 e. The van der Waals surface area contributed by atoms with Gasteiger partial charge in [-0.3, -0.25) is 4.90 Å². The van der Waals surface area contributed by atoms with Gasteiger partial charge in [-0.15, -0.1) is 0 Å². The lowest BCUT2D eigenvalue weighted by atomic mass is 10.1. The first kappa shape index (κ1) is 16.6. The molecule has 5 rings (SSSR count). The Bertz CT molecular complexity index is 1080. The van der Waals surface area contributed by atoms with Crippen LogP contribution in [-0.4, -0.2) is 41.5 Å². The van der Waals surface area contributed by atoms with Crippen LogP contribution in [-0.2, 0) is 19.5 Å². The van der Waals surface area contributed by atoms with Gasteiger partial charge in [0.25, 0.3) is 0 Å². The predicted molar refractivity (Wildman–Crippen MR) is 101 cm³/mol. The third kappa shape index (κ3) is 3.37. The molecule has 1 aliphatic rings. The predicted octanol–water partition coefficient (Wildman–Crippen LogP) is 2.54. The van der Waals surface area contributed by atoms with Gasteiger partial charge in [0, 0.05) is 49.2 Å². The number of hydrogen-bond acceptors (Lipinski definition) is 8. The Morgan fingerprint density at radius 1 is 0.929 bits per heavy atom. The molecular formula is C20H17N7O. The molecule has 0 spiro atoms. The molecule has 0 aliphatic carbocycles. The summed E-state index contributed by atoms with van der Waals surface area (Å²) in [6.45, 7) is 2.23. The van der Waals surface area contributed by atoms with Crippen LogP contribution in [0.4, 0.5) is 0 Å². The Hall–Kier alpha value is -3.52. The summed E-state index contributed by atoms with van der Waals surface area (Å²) < 4.78 is 5.44. The van der Waals surface area contributed by atoms with Crippen LogP contribution in [0.25, 0.3) is 22.8 Å². The van der Waals surface area contributed by atoms with Crippen molar-refractivity contribution in [2.45, 2.75) is 19.5 Å². The van der Waals surface area contributed by atoms with Gasteiger partial charge in [0.1, 0.15) is 6.33 Å².